The summed E-state index contributed by atoms with van der Waals surface area (Å²) in [6.45, 7) is 1.71. The van der Waals surface area contributed by atoms with E-state index in [4.69, 9.17) is 0 Å². The van der Waals surface area contributed by atoms with E-state index < -0.39 is 0 Å². The van der Waals surface area contributed by atoms with Crippen molar-refractivity contribution >= 4 is 11.6 Å². The number of carbonyl (C=O) groups is 1. The van der Waals surface area contributed by atoms with Crippen LogP contribution in [0.2, 0.25) is 0 Å². The van der Waals surface area contributed by atoms with Gasteiger partial charge in [0.15, 0.2) is 5.69 Å². The number of hydrogen-bond donors (Lipinski definition) is 2. The zero-order chi connectivity index (χ0) is 11.7. The third-order valence-corrected chi connectivity index (χ3v) is 2.57. The molecular formula is C9H10N6O2. The van der Waals surface area contributed by atoms with Crippen molar-refractivity contribution in [1.29, 1.82) is 0 Å². The van der Waals surface area contributed by atoms with E-state index in [1.807, 2.05) is 0 Å². The molecule has 0 aromatic carbocycles. The number of hydrogen-bond acceptors (Lipinski definition) is 6. The summed E-state index contributed by atoms with van der Waals surface area (Å²) in [5.74, 6) is -0.327. The minimum absolute atomic E-state index is 0.276. The molecule has 1 saturated heterocycles. The van der Waals surface area contributed by atoms with E-state index in [0.29, 0.717) is 11.7 Å². The Balaban J connectivity index is 1.70. The van der Waals surface area contributed by atoms with Crippen LogP contribution in [0.5, 0.6) is 0 Å². The van der Waals surface area contributed by atoms with Gasteiger partial charge in [0, 0.05) is 13.1 Å². The first-order valence-electron chi connectivity index (χ1n) is 5.16. The van der Waals surface area contributed by atoms with Crippen molar-refractivity contribution in [3.05, 3.63) is 24.4 Å². The largest absolute Gasteiger partial charge is 0.363 e. The average molecular weight is 234 g/mol. The average Bonchev–Trinajstić information content (AvgIpc) is 2.85. The Bertz CT molecular complexity index is 515. The van der Waals surface area contributed by atoms with Gasteiger partial charge < -0.3 is 15.2 Å². The minimum atomic E-state index is -0.327. The van der Waals surface area contributed by atoms with Gasteiger partial charge in [0.25, 0.3) is 5.91 Å². The SMILES string of the molecule is O=C(Nc1cnoc1)c1cn(C2CNC2)nn1. The molecule has 1 aliphatic heterocycles. The molecule has 0 aliphatic carbocycles. The summed E-state index contributed by atoms with van der Waals surface area (Å²) in [4.78, 5) is 11.7. The fourth-order valence-corrected chi connectivity index (χ4v) is 1.48. The topological polar surface area (TPSA) is 97.9 Å². The van der Waals surface area contributed by atoms with Gasteiger partial charge in [0.2, 0.25) is 0 Å². The van der Waals surface area contributed by atoms with Crippen LogP contribution in [0.15, 0.2) is 23.2 Å². The van der Waals surface area contributed by atoms with Crippen molar-refractivity contribution in [1.82, 2.24) is 25.5 Å². The molecular weight excluding hydrogens is 224 g/mol. The predicted octanol–water partition coefficient (Wildman–Crippen LogP) is -0.337. The zero-order valence-corrected chi connectivity index (χ0v) is 8.83. The normalized spacial score (nSPS) is 15.5. The molecule has 0 spiro atoms. The van der Waals surface area contributed by atoms with Crippen molar-refractivity contribution in [2.75, 3.05) is 18.4 Å². The maximum atomic E-state index is 11.7. The Labute approximate surface area is 96.0 Å². The fraction of sp³-hybridized carbons (Fsp3) is 0.333. The van der Waals surface area contributed by atoms with E-state index in [1.54, 1.807) is 10.9 Å². The van der Waals surface area contributed by atoms with Crippen molar-refractivity contribution in [3.63, 3.8) is 0 Å². The van der Waals surface area contributed by atoms with Crippen molar-refractivity contribution in [2.24, 2.45) is 0 Å². The molecule has 2 aromatic rings. The summed E-state index contributed by atoms with van der Waals surface area (Å²) < 4.78 is 6.30. The molecule has 2 N–H and O–H groups in total. The van der Waals surface area contributed by atoms with Crippen LogP contribution in [-0.4, -0.2) is 39.1 Å². The molecule has 0 radical (unpaired) electrons. The second-order valence-corrected chi connectivity index (χ2v) is 3.76. The number of aromatic nitrogens is 4. The monoisotopic (exact) mass is 234 g/mol. The van der Waals surface area contributed by atoms with Gasteiger partial charge >= 0.3 is 0 Å². The minimum Gasteiger partial charge on any atom is -0.363 e. The molecule has 88 valence electrons. The highest BCUT2D eigenvalue weighted by Gasteiger charge is 2.21. The first kappa shape index (κ1) is 9.97. The van der Waals surface area contributed by atoms with Crippen molar-refractivity contribution < 1.29 is 9.32 Å². The molecule has 3 rings (SSSR count). The first-order chi connectivity index (χ1) is 8.33. The second-order valence-electron chi connectivity index (χ2n) is 3.76. The van der Waals surface area contributed by atoms with Gasteiger partial charge in [-0.3, -0.25) is 4.79 Å². The lowest BCUT2D eigenvalue weighted by molar-refractivity contribution is 0.102. The molecule has 8 nitrogen and oxygen atoms in total. The van der Waals surface area contributed by atoms with E-state index in [1.165, 1.54) is 12.5 Å². The molecule has 2 aromatic heterocycles. The van der Waals surface area contributed by atoms with Crippen molar-refractivity contribution in [3.8, 4) is 0 Å². The quantitative estimate of drug-likeness (QED) is 0.754. The van der Waals surface area contributed by atoms with E-state index in [-0.39, 0.29) is 11.6 Å². The van der Waals surface area contributed by atoms with Crippen molar-refractivity contribution in [2.45, 2.75) is 6.04 Å². The number of amides is 1. The summed E-state index contributed by atoms with van der Waals surface area (Å²) in [6.07, 6.45) is 4.39. The Morgan fingerprint density at radius 2 is 2.47 bits per heavy atom. The Hall–Kier alpha value is -2.22. The maximum Gasteiger partial charge on any atom is 0.277 e. The number of rotatable bonds is 3. The maximum absolute atomic E-state index is 11.7. The van der Waals surface area contributed by atoms with Gasteiger partial charge in [-0.25, -0.2) is 4.68 Å². The van der Waals surface area contributed by atoms with Gasteiger partial charge in [-0.2, -0.15) is 0 Å². The molecule has 0 saturated carbocycles. The lowest BCUT2D eigenvalue weighted by Crippen LogP contribution is -2.43. The molecule has 0 bridgehead atoms. The summed E-state index contributed by atoms with van der Waals surface area (Å²) in [5.41, 5.74) is 0.771. The summed E-state index contributed by atoms with van der Waals surface area (Å²) in [7, 11) is 0. The van der Waals surface area contributed by atoms with Gasteiger partial charge in [0.1, 0.15) is 12.0 Å². The summed E-state index contributed by atoms with van der Waals surface area (Å²) in [6, 6.07) is 0.291. The van der Waals surface area contributed by atoms with Crippen LogP contribution in [0.1, 0.15) is 16.5 Å². The lowest BCUT2D eigenvalue weighted by atomic mass is 10.2. The lowest BCUT2D eigenvalue weighted by Gasteiger charge is -2.26. The van der Waals surface area contributed by atoms with Crippen LogP contribution in [0.4, 0.5) is 5.69 Å². The number of anilines is 1. The third kappa shape index (κ3) is 1.89. The summed E-state index contributed by atoms with van der Waals surface area (Å²) in [5, 5.41) is 16.9. The third-order valence-electron chi connectivity index (χ3n) is 2.57. The summed E-state index contributed by atoms with van der Waals surface area (Å²) >= 11 is 0. The first-order valence-corrected chi connectivity index (χ1v) is 5.16. The van der Waals surface area contributed by atoms with Crippen LogP contribution in [0.25, 0.3) is 0 Å². The predicted molar refractivity (Wildman–Crippen MR) is 56.4 cm³/mol. The Kier molecular flexibility index (Phi) is 2.33. The Morgan fingerprint density at radius 1 is 1.59 bits per heavy atom. The highest BCUT2D eigenvalue weighted by atomic mass is 16.5. The highest BCUT2D eigenvalue weighted by molar-refractivity contribution is 6.02. The molecule has 0 unspecified atom stereocenters. The smallest absolute Gasteiger partial charge is 0.277 e. The molecule has 1 amide bonds. The number of nitrogens with one attached hydrogen (secondary N) is 2. The van der Waals surface area contributed by atoms with Gasteiger partial charge in [-0.15, -0.1) is 5.10 Å². The Morgan fingerprint density at radius 3 is 3.12 bits per heavy atom. The van der Waals surface area contributed by atoms with E-state index in [9.17, 15) is 4.79 Å². The molecule has 1 aliphatic rings. The molecule has 0 atom stereocenters. The van der Waals surface area contributed by atoms with Gasteiger partial charge in [-0.05, 0) is 0 Å². The number of nitrogens with zero attached hydrogens (tertiary/aromatic N) is 4. The van der Waals surface area contributed by atoms with Crippen LogP contribution < -0.4 is 10.6 Å². The van der Waals surface area contributed by atoms with Gasteiger partial charge in [0.05, 0.1) is 18.4 Å². The van der Waals surface area contributed by atoms with Crippen LogP contribution >= 0.6 is 0 Å². The molecule has 3 heterocycles. The highest BCUT2D eigenvalue weighted by Crippen LogP contribution is 2.11. The molecule has 1 fully saturated rings. The van der Waals surface area contributed by atoms with E-state index in [0.717, 1.165) is 13.1 Å². The standard InChI is InChI=1S/C9H10N6O2/c16-9(12-6-1-11-17-5-6)8-4-15(14-13-8)7-2-10-3-7/h1,4-5,7,10H,2-3H2,(H,12,16). The van der Waals surface area contributed by atoms with E-state index >= 15 is 0 Å². The molecule has 8 heteroatoms. The van der Waals surface area contributed by atoms with Gasteiger partial charge in [-0.1, -0.05) is 10.4 Å². The van der Waals surface area contributed by atoms with Crippen LogP contribution in [0, 0.1) is 0 Å². The zero-order valence-electron chi connectivity index (χ0n) is 8.83. The van der Waals surface area contributed by atoms with E-state index in [2.05, 4.69) is 30.6 Å². The van der Waals surface area contributed by atoms with Crippen LogP contribution in [0.3, 0.4) is 0 Å². The number of carbonyl (C=O) groups excluding carboxylic acids is 1. The van der Waals surface area contributed by atoms with Crippen LogP contribution in [-0.2, 0) is 0 Å². The second kappa shape index (κ2) is 3.98. The molecule has 17 heavy (non-hydrogen) atoms. The fourth-order valence-electron chi connectivity index (χ4n) is 1.48.